The molecule has 0 aliphatic heterocycles. The number of likely N-dealkylation sites (N-methyl/N-ethyl adjacent to an activating group) is 1. The first-order valence-corrected chi connectivity index (χ1v) is 5.18. The van der Waals surface area contributed by atoms with E-state index in [1.165, 1.54) is 17.2 Å². The first kappa shape index (κ1) is 12.3. The second-order valence-corrected chi connectivity index (χ2v) is 3.97. The van der Waals surface area contributed by atoms with Gasteiger partial charge in [0.1, 0.15) is 0 Å². The maximum Gasteiger partial charge on any atom is 0.328 e. The minimum absolute atomic E-state index is 0.592. The van der Waals surface area contributed by atoms with E-state index in [1.54, 1.807) is 6.08 Å². The molecule has 0 saturated heterocycles. The van der Waals surface area contributed by atoms with Crippen molar-refractivity contribution in [2.45, 2.75) is 13.8 Å². The highest BCUT2D eigenvalue weighted by Crippen LogP contribution is 2.17. The molecule has 1 N–H and O–H groups in total. The minimum Gasteiger partial charge on any atom is -0.478 e. The molecular weight excluding hydrogens is 202 g/mol. The van der Waals surface area contributed by atoms with Crippen LogP contribution in [0.5, 0.6) is 0 Å². The topological polar surface area (TPSA) is 40.5 Å². The Bertz CT molecular complexity index is 390. The zero-order valence-corrected chi connectivity index (χ0v) is 9.90. The summed E-state index contributed by atoms with van der Waals surface area (Å²) in [5, 5.41) is 8.48. The summed E-state index contributed by atoms with van der Waals surface area (Å²) < 4.78 is 0. The van der Waals surface area contributed by atoms with Gasteiger partial charge >= 0.3 is 5.97 Å². The summed E-state index contributed by atoms with van der Waals surface area (Å²) in [6, 6.07) is 6.29. The first-order valence-electron chi connectivity index (χ1n) is 5.18. The Morgan fingerprint density at radius 2 is 1.88 bits per heavy atom. The molecule has 16 heavy (non-hydrogen) atoms. The number of hydrogen-bond donors (Lipinski definition) is 1. The van der Waals surface area contributed by atoms with E-state index in [9.17, 15) is 4.79 Å². The molecule has 86 valence electrons. The number of anilines is 1. The van der Waals surface area contributed by atoms with Crippen LogP contribution in [0.4, 0.5) is 5.69 Å². The molecule has 0 aromatic heterocycles. The van der Waals surface area contributed by atoms with E-state index >= 15 is 0 Å². The first-order chi connectivity index (χ1) is 7.49. The minimum atomic E-state index is -0.908. The van der Waals surface area contributed by atoms with Crippen LogP contribution in [0.15, 0.2) is 30.4 Å². The highest BCUT2D eigenvalue weighted by molar-refractivity contribution is 5.79. The molecule has 0 fully saturated rings. The van der Waals surface area contributed by atoms with Gasteiger partial charge in [-0.05, 0) is 37.1 Å². The summed E-state index contributed by atoms with van der Waals surface area (Å²) in [7, 11) is 1.94. The van der Waals surface area contributed by atoms with Gasteiger partial charge in [-0.3, -0.25) is 0 Å². The molecule has 3 nitrogen and oxygen atoms in total. The number of hydrogen-bond acceptors (Lipinski definition) is 2. The predicted molar refractivity (Wildman–Crippen MR) is 66.0 cm³/mol. The Kier molecular flexibility index (Phi) is 4.11. The molecule has 0 radical (unpaired) electrons. The SMILES string of the molecule is Cc1cc(C)cc(N(C)C/C=C/C(=O)O)c1. The summed E-state index contributed by atoms with van der Waals surface area (Å²) in [5.74, 6) is -0.908. The van der Waals surface area contributed by atoms with Gasteiger partial charge in [-0.1, -0.05) is 12.1 Å². The summed E-state index contributed by atoms with van der Waals surface area (Å²) in [6.07, 6.45) is 2.80. The van der Waals surface area contributed by atoms with Crippen molar-refractivity contribution in [1.82, 2.24) is 0 Å². The average Bonchev–Trinajstić information content (AvgIpc) is 2.15. The van der Waals surface area contributed by atoms with Crippen LogP contribution in [0.3, 0.4) is 0 Å². The van der Waals surface area contributed by atoms with Gasteiger partial charge in [0, 0.05) is 25.4 Å². The number of rotatable bonds is 4. The van der Waals surface area contributed by atoms with Crippen LogP contribution >= 0.6 is 0 Å². The highest BCUT2D eigenvalue weighted by atomic mass is 16.4. The van der Waals surface area contributed by atoms with Crippen molar-refractivity contribution in [3.63, 3.8) is 0 Å². The second kappa shape index (κ2) is 5.35. The third-order valence-corrected chi connectivity index (χ3v) is 2.29. The lowest BCUT2D eigenvalue weighted by molar-refractivity contribution is -0.131. The van der Waals surface area contributed by atoms with Gasteiger partial charge in [0.15, 0.2) is 0 Å². The Labute approximate surface area is 96.0 Å². The zero-order chi connectivity index (χ0) is 12.1. The van der Waals surface area contributed by atoms with Gasteiger partial charge < -0.3 is 10.0 Å². The van der Waals surface area contributed by atoms with Gasteiger partial charge in [0.2, 0.25) is 0 Å². The smallest absolute Gasteiger partial charge is 0.328 e. The fraction of sp³-hybridized carbons (Fsp3) is 0.308. The number of carboxylic acid groups (broad SMARTS) is 1. The van der Waals surface area contributed by atoms with Crippen LogP contribution in [-0.2, 0) is 4.79 Å². The van der Waals surface area contributed by atoms with E-state index in [-0.39, 0.29) is 0 Å². The Hall–Kier alpha value is -1.77. The monoisotopic (exact) mass is 219 g/mol. The van der Waals surface area contributed by atoms with Crippen molar-refractivity contribution in [1.29, 1.82) is 0 Å². The third-order valence-electron chi connectivity index (χ3n) is 2.29. The number of carboxylic acids is 1. The van der Waals surface area contributed by atoms with Crippen LogP contribution in [0.1, 0.15) is 11.1 Å². The Morgan fingerprint density at radius 3 is 2.38 bits per heavy atom. The second-order valence-electron chi connectivity index (χ2n) is 3.97. The number of nitrogens with zero attached hydrogens (tertiary/aromatic N) is 1. The lowest BCUT2D eigenvalue weighted by Gasteiger charge is -2.18. The average molecular weight is 219 g/mol. The normalized spacial score (nSPS) is 10.7. The number of benzene rings is 1. The standard InChI is InChI=1S/C13H17NO2/c1-10-7-11(2)9-12(8-10)14(3)6-4-5-13(15)16/h4-5,7-9H,6H2,1-3H3,(H,15,16)/b5-4+. The molecule has 0 amide bonds. The quantitative estimate of drug-likeness (QED) is 0.790. The summed E-state index contributed by atoms with van der Waals surface area (Å²) in [4.78, 5) is 12.3. The van der Waals surface area contributed by atoms with Crippen LogP contribution in [0, 0.1) is 13.8 Å². The fourth-order valence-electron chi connectivity index (χ4n) is 1.59. The van der Waals surface area contributed by atoms with E-state index < -0.39 is 5.97 Å². The molecule has 1 aromatic rings. The largest absolute Gasteiger partial charge is 0.478 e. The molecule has 0 spiro atoms. The Morgan fingerprint density at radius 1 is 1.31 bits per heavy atom. The summed E-state index contributed by atoms with van der Waals surface area (Å²) in [5.41, 5.74) is 3.53. The van der Waals surface area contributed by atoms with Gasteiger partial charge in [0.05, 0.1) is 0 Å². The Balaban J connectivity index is 2.72. The number of aliphatic carboxylic acids is 1. The number of aryl methyl sites for hydroxylation is 2. The van der Waals surface area contributed by atoms with Crippen LogP contribution in [0.2, 0.25) is 0 Å². The number of carbonyl (C=O) groups is 1. The van der Waals surface area contributed by atoms with Gasteiger partial charge in [0.25, 0.3) is 0 Å². The van der Waals surface area contributed by atoms with Crippen molar-refractivity contribution in [3.05, 3.63) is 41.5 Å². The molecule has 0 heterocycles. The molecule has 0 unspecified atom stereocenters. The fourth-order valence-corrected chi connectivity index (χ4v) is 1.59. The summed E-state index contributed by atoms with van der Waals surface area (Å²) >= 11 is 0. The lowest BCUT2D eigenvalue weighted by Crippen LogP contribution is -2.17. The van der Waals surface area contributed by atoms with Gasteiger partial charge in [-0.2, -0.15) is 0 Å². The maximum atomic E-state index is 10.3. The molecule has 1 rings (SSSR count). The molecule has 0 bridgehead atoms. The van der Waals surface area contributed by atoms with Crippen molar-refractivity contribution >= 4 is 11.7 Å². The molecule has 0 saturated carbocycles. The van der Waals surface area contributed by atoms with Crippen molar-refractivity contribution in [2.75, 3.05) is 18.5 Å². The predicted octanol–water partition coefficient (Wildman–Crippen LogP) is 2.38. The van der Waals surface area contributed by atoms with Crippen molar-refractivity contribution in [3.8, 4) is 0 Å². The van der Waals surface area contributed by atoms with E-state index in [0.717, 1.165) is 5.69 Å². The molecule has 3 heteroatoms. The molecule has 0 aliphatic carbocycles. The van der Waals surface area contributed by atoms with E-state index in [4.69, 9.17) is 5.11 Å². The van der Waals surface area contributed by atoms with Gasteiger partial charge in [-0.15, -0.1) is 0 Å². The van der Waals surface area contributed by atoms with Crippen LogP contribution < -0.4 is 4.90 Å². The molecular formula is C13H17NO2. The highest BCUT2D eigenvalue weighted by Gasteiger charge is 2.00. The molecule has 1 aromatic carbocycles. The zero-order valence-electron chi connectivity index (χ0n) is 9.90. The van der Waals surface area contributed by atoms with Crippen LogP contribution in [0.25, 0.3) is 0 Å². The van der Waals surface area contributed by atoms with Crippen LogP contribution in [-0.4, -0.2) is 24.7 Å². The van der Waals surface area contributed by atoms with E-state index in [2.05, 4.69) is 32.0 Å². The van der Waals surface area contributed by atoms with E-state index in [0.29, 0.717) is 6.54 Å². The van der Waals surface area contributed by atoms with E-state index in [1.807, 2.05) is 11.9 Å². The van der Waals surface area contributed by atoms with Crippen molar-refractivity contribution < 1.29 is 9.90 Å². The third kappa shape index (κ3) is 3.77. The molecule has 0 atom stereocenters. The molecule has 0 aliphatic rings. The summed E-state index contributed by atoms with van der Waals surface area (Å²) in [6.45, 7) is 4.70. The lowest BCUT2D eigenvalue weighted by atomic mass is 10.1. The maximum absolute atomic E-state index is 10.3. The van der Waals surface area contributed by atoms with Crippen molar-refractivity contribution in [2.24, 2.45) is 0 Å². The van der Waals surface area contributed by atoms with Gasteiger partial charge in [-0.25, -0.2) is 4.79 Å².